The zero-order chi connectivity index (χ0) is 22.8. The predicted octanol–water partition coefficient (Wildman–Crippen LogP) is 8.54. The fourth-order valence-corrected chi connectivity index (χ4v) is 18.5. The van der Waals surface area contributed by atoms with Crippen LogP contribution in [0.1, 0.15) is 12.8 Å². The van der Waals surface area contributed by atoms with Gasteiger partial charge in [-0.05, 0) is 12.8 Å². The summed E-state index contributed by atoms with van der Waals surface area (Å²) in [7, 11) is -6.86. The Bertz CT molecular complexity index is 739. The van der Waals surface area contributed by atoms with Gasteiger partial charge in [-0.15, -0.1) is 0 Å². The molecule has 0 aromatic rings. The Morgan fingerprint density at radius 3 is 0.931 bits per heavy atom. The molecule has 0 aliphatic heterocycles. The van der Waals surface area contributed by atoms with E-state index in [0.29, 0.717) is 0 Å². The van der Waals surface area contributed by atoms with Gasteiger partial charge in [-0.3, -0.25) is 0 Å². The first-order valence-electron chi connectivity index (χ1n) is 11.6. The average molecular weight is 477 g/mol. The molecule has 0 aromatic heterocycles. The second-order valence-corrected chi connectivity index (χ2v) is 38.9. The van der Waals surface area contributed by atoms with Crippen molar-refractivity contribution < 1.29 is 0 Å². The normalized spacial score (nSPS) is 19.9. The van der Waals surface area contributed by atoms with Gasteiger partial charge in [0.2, 0.25) is 0 Å². The quantitative estimate of drug-likeness (QED) is 0.337. The van der Waals surface area contributed by atoms with Crippen LogP contribution in [-0.4, -0.2) is 40.4 Å². The van der Waals surface area contributed by atoms with Crippen molar-refractivity contribution in [2.45, 2.75) is 104 Å². The highest BCUT2D eigenvalue weighted by atomic mass is 28.3. The highest BCUT2D eigenvalue weighted by Gasteiger charge is 2.44. The lowest BCUT2D eigenvalue weighted by atomic mass is 10.4. The third-order valence-electron chi connectivity index (χ3n) is 7.07. The molecule has 0 unspecified atom stereocenters. The van der Waals surface area contributed by atoms with Crippen molar-refractivity contribution in [3.8, 4) is 0 Å². The molecule has 2 rings (SSSR count). The monoisotopic (exact) mass is 476 g/mol. The molecule has 0 spiro atoms. The number of allylic oxidation sites excluding steroid dienone is 8. The molecule has 0 atom stereocenters. The van der Waals surface area contributed by atoms with Crippen molar-refractivity contribution in [2.24, 2.45) is 0 Å². The Morgan fingerprint density at radius 1 is 0.448 bits per heavy atom. The van der Waals surface area contributed by atoms with Gasteiger partial charge in [0.25, 0.3) is 0 Å². The molecule has 0 saturated heterocycles. The summed E-state index contributed by atoms with van der Waals surface area (Å²) in [4.78, 5) is 0. The van der Waals surface area contributed by atoms with Crippen LogP contribution in [-0.2, 0) is 0 Å². The Balaban J connectivity index is 2.64. The molecule has 164 valence electrons. The SMILES string of the molecule is C[Si](C)(C)C1=CC([Si](C)(C)C)=C([Si](C)(C)C2=C([Si](C)(C)C)C=C([Si](C)(C)C)C2)C1. The maximum atomic E-state index is 2.72. The van der Waals surface area contributed by atoms with Crippen molar-refractivity contribution in [2.75, 3.05) is 0 Å². The molecule has 0 N–H and O–H groups in total. The third kappa shape index (κ3) is 5.28. The van der Waals surface area contributed by atoms with Gasteiger partial charge >= 0.3 is 0 Å². The van der Waals surface area contributed by atoms with Gasteiger partial charge in [0.15, 0.2) is 0 Å². The summed E-state index contributed by atoms with van der Waals surface area (Å²) >= 11 is 0. The summed E-state index contributed by atoms with van der Waals surface area (Å²) in [5.74, 6) is 0. The fraction of sp³-hybridized carbons (Fsp3) is 0.667. The highest BCUT2D eigenvalue weighted by molar-refractivity contribution is 6.98. The van der Waals surface area contributed by atoms with E-state index in [-0.39, 0.29) is 0 Å². The molecule has 5 heteroatoms. The minimum absolute atomic E-state index is 1.25. The minimum atomic E-state index is -1.66. The Labute approximate surface area is 187 Å². The molecule has 2 aliphatic rings. The number of hydrogen-bond acceptors (Lipinski definition) is 0. The van der Waals surface area contributed by atoms with Crippen LogP contribution in [0.5, 0.6) is 0 Å². The van der Waals surface area contributed by atoms with Gasteiger partial charge in [-0.1, -0.05) is 135 Å². The first-order valence-corrected chi connectivity index (χ1v) is 28.6. The fourth-order valence-electron chi connectivity index (χ4n) is 4.80. The summed E-state index contributed by atoms with van der Waals surface area (Å²) < 4.78 is 0. The third-order valence-corrected chi connectivity index (χ3v) is 20.1. The Kier molecular flexibility index (Phi) is 6.61. The van der Waals surface area contributed by atoms with E-state index in [1.807, 2.05) is 31.2 Å². The molecule has 0 aromatic carbocycles. The largest absolute Gasteiger partial charge is 0.103 e. The predicted molar refractivity (Wildman–Crippen MR) is 150 cm³/mol. The Morgan fingerprint density at radius 2 is 0.724 bits per heavy atom. The summed E-state index contributed by atoms with van der Waals surface area (Å²) in [6, 6.07) is 0. The summed E-state index contributed by atoms with van der Waals surface area (Å²) in [5.41, 5.74) is 0. The lowest BCUT2D eigenvalue weighted by Crippen LogP contribution is -2.39. The molecule has 0 nitrogen and oxygen atoms in total. The van der Waals surface area contributed by atoms with E-state index in [0.717, 1.165) is 0 Å². The molecule has 0 amide bonds. The van der Waals surface area contributed by atoms with E-state index in [1.165, 1.54) is 12.8 Å². The van der Waals surface area contributed by atoms with E-state index in [9.17, 15) is 0 Å². The lowest BCUT2D eigenvalue weighted by molar-refractivity contribution is 1.24. The summed E-state index contributed by atoms with van der Waals surface area (Å²) in [5, 5.41) is 11.1. The summed E-state index contributed by atoms with van der Waals surface area (Å²) in [6.07, 6.45) is 8.05. The van der Waals surface area contributed by atoms with Gasteiger partial charge in [-0.25, -0.2) is 0 Å². The maximum Gasteiger partial charge on any atom is 0.103 e. The van der Waals surface area contributed by atoms with Crippen LogP contribution in [0.4, 0.5) is 0 Å². The van der Waals surface area contributed by atoms with Crippen LogP contribution >= 0.6 is 0 Å². The molecule has 0 heterocycles. The molecule has 0 fully saturated rings. The van der Waals surface area contributed by atoms with Crippen molar-refractivity contribution in [1.82, 2.24) is 0 Å². The second-order valence-electron chi connectivity index (χ2n) is 14.1. The molecule has 0 radical (unpaired) electrons. The van der Waals surface area contributed by atoms with Gasteiger partial charge in [0.1, 0.15) is 8.07 Å². The topological polar surface area (TPSA) is 0 Å². The molecule has 2 aliphatic carbocycles. The smallest absolute Gasteiger partial charge is 0.0776 e. The molecule has 0 bridgehead atoms. The molecule has 0 saturated carbocycles. The van der Waals surface area contributed by atoms with Gasteiger partial charge in [0, 0.05) is 0 Å². The van der Waals surface area contributed by atoms with E-state index in [2.05, 4.69) is 104 Å². The van der Waals surface area contributed by atoms with Crippen molar-refractivity contribution in [1.29, 1.82) is 0 Å². The standard InChI is InChI=1S/C24H48Si5/c1-25(2,3)19-15-21(27(7,8)9)23(17-19)29(13,14)24-18-20(26(4,5)6)16-22(24)28(10,11)12/h15-16H,17-18H2,1-14H3. The second kappa shape index (κ2) is 7.57. The van der Waals surface area contributed by atoms with E-state index < -0.39 is 40.4 Å². The van der Waals surface area contributed by atoms with Crippen molar-refractivity contribution in [3.05, 3.63) is 43.3 Å². The van der Waals surface area contributed by atoms with E-state index >= 15 is 0 Å². The first kappa shape index (κ1) is 25.3. The summed E-state index contributed by atoms with van der Waals surface area (Å²) in [6.45, 7) is 36.1. The van der Waals surface area contributed by atoms with E-state index in [1.54, 1.807) is 0 Å². The highest BCUT2D eigenvalue weighted by Crippen LogP contribution is 2.47. The molecule has 29 heavy (non-hydrogen) atoms. The van der Waals surface area contributed by atoms with Crippen LogP contribution in [0.2, 0.25) is 91.7 Å². The van der Waals surface area contributed by atoms with E-state index in [4.69, 9.17) is 0 Å². The molecular weight excluding hydrogens is 429 g/mol. The van der Waals surface area contributed by atoms with Crippen molar-refractivity contribution >= 4 is 40.4 Å². The number of rotatable bonds is 6. The van der Waals surface area contributed by atoms with Crippen LogP contribution in [0, 0.1) is 0 Å². The zero-order valence-electron chi connectivity index (χ0n) is 22.1. The zero-order valence-corrected chi connectivity index (χ0v) is 27.1. The van der Waals surface area contributed by atoms with Gasteiger partial charge in [-0.2, -0.15) is 0 Å². The van der Waals surface area contributed by atoms with Crippen LogP contribution in [0.25, 0.3) is 0 Å². The molecular formula is C24H48Si5. The maximum absolute atomic E-state index is 2.72. The van der Waals surface area contributed by atoms with Gasteiger partial charge < -0.3 is 0 Å². The van der Waals surface area contributed by atoms with Crippen LogP contribution in [0.3, 0.4) is 0 Å². The first-order chi connectivity index (χ1) is 12.7. The lowest BCUT2D eigenvalue weighted by Gasteiger charge is -2.35. The number of hydrogen-bond donors (Lipinski definition) is 0. The van der Waals surface area contributed by atoms with Crippen molar-refractivity contribution in [3.63, 3.8) is 0 Å². The minimum Gasteiger partial charge on any atom is -0.0776 e. The van der Waals surface area contributed by atoms with Gasteiger partial charge in [0.05, 0.1) is 32.3 Å². The average Bonchev–Trinajstić information content (AvgIpc) is 3.10. The Hall–Kier alpha value is 0.0444. The van der Waals surface area contributed by atoms with Crippen LogP contribution in [0.15, 0.2) is 43.3 Å². The van der Waals surface area contributed by atoms with Crippen LogP contribution < -0.4 is 0 Å².